The summed E-state index contributed by atoms with van der Waals surface area (Å²) >= 11 is 7.17. The van der Waals surface area contributed by atoms with Crippen LogP contribution in [-0.4, -0.2) is 15.4 Å². The Morgan fingerprint density at radius 3 is 2.78 bits per heavy atom. The molecule has 0 saturated heterocycles. The maximum Gasteiger partial charge on any atom is 0.387 e. The number of aromatic nitrogens is 3. The van der Waals surface area contributed by atoms with Crippen LogP contribution in [0.2, 0.25) is 4.47 Å². The van der Waals surface area contributed by atoms with Crippen molar-refractivity contribution >= 4 is 34.6 Å². The van der Waals surface area contributed by atoms with Crippen LogP contribution in [0, 0.1) is 6.92 Å². The first-order valence-electron chi connectivity index (χ1n) is 8.12. The highest BCUT2D eigenvalue weighted by molar-refractivity contribution is 7.15. The van der Waals surface area contributed by atoms with Crippen molar-refractivity contribution in [1.29, 1.82) is 0 Å². The largest absolute Gasteiger partial charge is 0.839 e. The summed E-state index contributed by atoms with van der Waals surface area (Å²) in [5, 5.41) is 13.0. The monoisotopic (exact) mass is 399 g/mol. The Balaban J connectivity index is 1.75. The van der Waals surface area contributed by atoms with Crippen molar-refractivity contribution in [3.05, 3.63) is 75.5 Å². The number of hydrogen-bond acceptors (Lipinski definition) is 5. The smallest absolute Gasteiger partial charge is 0.387 e. The van der Waals surface area contributed by atoms with Crippen molar-refractivity contribution < 1.29 is 19.2 Å². The summed E-state index contributed by atoms with van der Waals surface area (Å²) in [7, 11) is 0. The van der Waals surface area contributed by atoms with Crippen LogP contribution in [-0.2, 0) is 6.54 Å². The number of benzene rings is 1. The molecular weight excluding hydrogens is 386 g/mol. The van der Waals surface area contributed by atoms with E-state index >= 15 is 0 Å². The minimum absolute atomic E-state index is 0.0539. The molecular formula is C19H14ClN3O3S. The Hall–Kier alpha value is -2.90. The highest BCUT2D eigenvalue weighted by Crippen LogP contribution is 2.22. The first-order chi connectivity index (χ1) is 13.0. The van der Waals surface area contributed by atoms with E-state index in [2.05, 4.69) is 4.98 Å². The molecule has 136 valence electrons. The molecule has 4 rings (SSSR count). The fraction of sp³-hybridized carbons (Fsp3) is 0.105. The number of esters is 1. The van der Waals surface area contributed by atoms with Gasteiger partial charge in [0.25, 0.3) is 11.3 Å². The van der Waals surface area contributed by atoms with Crippen LogP contribution in [0.4, 0.5) is 0 Å². The summed E-state index contributed by atoms with van der Waals surface area (Å²) in [6.07, 6.45) is 3.29. The number of carbonyl (C=O) groups is 1. The summed E-state index contributed by atoms with van der Waals surface area (Å²) in [6.45, 7) is 2.21. The maximum atomic E-state index is 13.0. The minimum Gasteiger partial charge on any atom is -0.839 e. The van der Waals surface area contributed by atoms with E-state index < -0.39 is 11.8 Å². The Bertz CT molecular complexity index is 1140. The van der Waals surface area contributed by atoms with Crippen LogP contribution >= 0.6 is 22.9 Å². The molecule has 0 spiro atoms. The normalized spacial score (nSPS) is 11.0. The Morgan fingerprint density at radius 2 is 2.07 bits per heavy atom. The lowest BCUT2D eigenvalue weighted by atomic mass is 10.2. The summed E-state index contributed by atoms with van der Waals surface area (Å²) in [4.78, 5) is 17.5. The van der Waals surface area contributed by atoms with E-state index in [0.29, 0.717) is 15.9 Å². The lowest BCUT2D eigenvalue weighted by Crippen LogP contribution is -2.36. The van der Waals surface area contributed by atoms with Gasteiger partial charge in [0.2, 0.25) is 0 Å². The summed E-state index contributed by atoms with van der Waals surface area (Å²) in [5.41, 5.74) is 1.58. The van der Waals surface area contributed by atoms with Crippen molar-refractivity contribution in [2.45, 2.75) is 13.5 Å². The predicted molar refractivity (Wildman–Crippen MR) is 99.4 cm³/mol. The number of fused-ring (bicyclic) bond motifs is 1. The third-order valence-electron chi connectivity index (χ3n) is 4.07. The molecule has 0 radical (unpaired) electrons. The molecule has 3 heterocycles. The van der Waals surface area contributed by atoms with Gasteiger partial charge >= 0.3 is 5.97 Å². The second kappa shape index (κ2) is 7.02. The van der Waals surface area contributed by atoms with E-state index in [0.717, 1.165) is 10.4 Å². The lowest BCUT2D eigenvalue weighted by molar-refractivity contribution is -0.704. The second-order valence-electron chi connectivity index (χ2n) is 5.95. The first kappa shape index (κ1) is 17.5. The average molecular weight is 400 g/mol. The molecule has 0 amide bonds. The molecule has 3 aromatic heterocycles. The van der Waals surface area contributed by atoms with E-state index in [-0.39, 0.29) is 12.2 Å². The van der Waals surface area contributed by atoms with E-state index in [1.165, 1.54) is 15.9 Å². The van der Waals surface area contributed by atoms with Gasteiger partial charge in [-0.2, -0.15) is 4.40 Å². The number of halogens is 1. The van der Waals surface area contributed by atoms with Crippen LogP contribution in [0.1, 0.15) is 20.9 Å². The van der Waals surface area contributed by atoms with Gasteiger partial charge in [-0.1, -0.05) is 35.4 Å². The third-order valence-corrected chi connectivity index (χ3v) is 5.17. The van der Waals surface area contributed by atoms with Gasteiger partial charge < -0.3 is 9.84 Å². The highest BCUT2D eigenvalue weighted by atomic mass is 35.5. The van der Waals surface area contributed by atoms with Crippen LogP contribution < -0.4 is 14.4 Å². The number of imidazole rings is 1. The molecule has 0 N–H and O–H groups in total. The second-order valence-corrected chi connectivity index (χ2v) is 7.65. The van der Waals surface area contributed by atoms with Crippen LogP contribution in [0.3, 0.4) is 0 Å². The van der Waals surface area contributed by atoms with Crippen molar-refractivity contribution in [2.24, 2.45) is 0 Å². The number of nitrogens with zero attached hydrogens (tertiary/aromatic N) is 3. The molecule has 0 bridgehead atoms. The molecule has 0 atom stereocenters. The maximum absolute atomic E-state index is 13.0. The Morgan fingerprint density at radius 1 is 1.30 bits per heavy atom. The fourth-order valence-corrected chi connectivity index (χ4v) is 3.76. The molecule has 8 heteroatoms. The summed E-state index contributed by atoms with van der Waals surface area (Å²) in [5.74, 6) is -0.745. The molecule has 4 aromatic rings. The van der Waals surface area contributed by atoms with Gasteiger partial charge in [-0.25, -0.2) is 14.3 Å². The van der Waals surface area contributed by atoms with E-state index in [9.17, 15) is 9.90 Å². The molecule has 0 fully saturated rings. The average Bonchev–Trinajstić information content (AvgIpc) is 3.19. The van der Waals surface area contributed by atoms with Crippen LogP contribution in [0.15, 0.2) is 54.9 Å². The van der Waals surface area contributed by atoms with Gasteiger partial charge in [0, 0.05) is 12.3 Å². The van der Waals surface area contributed by atoms with Gasteiger partial charge in [0.15, 0.2) is 4.47 Å². The highest BCUT2D eigenvalue weighted by Gasteiger charge is 2.27. The summed E-state index contributed by atoms with van der Waals surface area (Å²) < 4.78 is 8.86. The van der Waals surface area contributed by atoms with Gasteiger partial charge in [-0.05, 0) is 25.1 Å². The lowest BCUT2D eigenvalue weighted by Gasteiger charge is -2.06. The molecule has 0 aliphatic heterocycles. The SMILES string of the molecule is Cc1ccc(OC(=O)c2c([O-])[n+](Cc3cnc(Cl)s3)c3ccccn23)cc1. The fourth-order valence-electron chi connectivity index (χ4n) is 2.79. The van der Waals surface area contributed by atoms with Gasteiger partial charge in [0.1, 0.15) is 18.2 Å². The van der Waals surface area contributed by atoms with Crippen LogP contribution in [0.25, 0.3) is 5.65 Å². The molecule has 0 aliphatic rings. The van der Waals surface area contributed by atoms with Crippen molar-refractivity contribution in [3.63, 3.8) is 0 Å². The summed E-state index contributed by atoms with van der Waals surface area (Å²) in [6, 6.07) is 12.4. The minimum atomic E-state index is -0.703. The van der Waals surface area contributed by atoms with Gasteiger partial charge in [-0.15, -0.1) is 11.3 Å². The molecule has 0 aliphatic carbocycles. The zero-order valence-electron chi connectivity index (χ0n) is 14.3. The zero-order chi connectivity index (χ0) is 19.0. The van der Waals surface area contributed by atoms with Gasteiger partial charge in [0.05, 0.1) is 11.1 Å². The molecule has 0 saturated carbocycles. The van der Waals surface area contributed by atoms with Crippen molar-refractivity contribution in [3.8, 4) is 11.6 Å². The number of thiazole rings is 1. The number of carbonyl (C=O) groups excluding carboxylic acids is 1. The molecule has 1 aromatic carbocycles. The number of rotatable bonds is 4. The van der Waals surface area contributed by atoms with E-state index in [1.807, 2.05) is 19.1 Å². The predicted octanol–water partition coefficient (Wildman–Crippen LogP) is 2.99. The van der Waals surface area contributed by atoms with E-state index in [1.54, 1.807) is 47.1 Å². The number of aryl methyl sites for hydroxylation is 1. The number of hydrogen-bond donors (Lipinski definition) is 0. The van der Waals surface area contributed by atoms with Gasteiger partial charge in [-0.3, -0.25) is 0 Å². The quantitative estimate of drug-likeness (QED) is 0.300. The molecule has 0 unspecified atom stereocenters. The Kier molecular flexibility index (Phi) is 4.55. The van der Waals surface area contributed by atoms with Crippen molar-refractivity contribution in [1.82, 2.24) is 9.38 Å². The third kappa shape index (κ3) is 3.39. The Labute approximate surface area is 163 Å². The standard InChI is InChI=1S/C19H14ClN3O3S/c1-12-5-7-13(8-6-12)26-18(25)16-17(24)23(11-14-10-21-19(20)27-14)15-4-2-3-9-22(15)16/h2-10H,11H2,1H3. The topological polar surface area (TPSA) is 70.5 Å². The molecule has 27 heavy (non-hydrogen) atoms. The number of ether oxygens (including phenoxy) is 1. The van der Waals surface area contributed by atoms with E-state index in [4.69, 9.17) is 16.3 Å². The number of pyridine rings is 1. The first-order valence-corrected chi connectivity index (χ1v) is 9.31. The zero-order valence-corrected chi connectivity index (χ0v) is 15.8. The van der Waals surface area contributed by atoms with Crippen LogP contribution in [0.5, 0.6) is 11.6 Å². The molecule has 6 nitrogen and oxygen atoms in total. The van der Waals surface area contributed by atoms with Crippen molar-refractivity contribution in [2.75, 3.05) is 0 Å².